The van der Waals surface area contributed by atoms with Crippen LogP contribution in [-0.4, -0.2) is 4.98 Å². The van der Waals surface area contributed by atoms with Crippen molar-refractivity contribution >= 4 is 34.4 Å². The molecule has 0 radical (unpaired) electrons. The summed E-state index contributed by atoms with van der Waals surface area (Å²) >= 11 is 5.72. The van der Waals surface area contributed by atoms with Crippen LogP contribution in [0.4, 0.5) is 16.1 Å². The number of anilines is 2. The van der Waals surface area contributed by atoms with Gasteiger partial charge >= 0.3 is 0 Å². The summed E-state index contributed by atoms with van der Waals surface area (Å²) in [4.78, 5) is 4.27. The van der Waals surface area contributed by atoms with Crippen LogP contribution in [0.25, 0.3) is 11.1 Å². The van der Waals surface area contributed by atoms with Crippen LogP contribution >= 0.6 is 11.6 Å². The van der Waals surface area contributed by atoms with E-state index in [-0.39, 0.29) is 5.02 Å². The first-order valence-corrected chi connectivity index (χ1v) is 6.33. The van der Waals surface area contributed by atoms with E-state index in [0.29, 0.717) is 23.8 Å². The van der Waals surface area contributed by atoms with Crippen molar-refractivity contribution in [1.82, 2.24) is 4.98 Å². The Morgan fingerprint density at radius 2 is 2.10 bits per heavy atom. The fourth-order valence-corrected chi connectivity index (χ4v) is 2.05. The van der Waals surface area contributed by atoms with E-state index in [1.807, 2.05) is 0 Å². The second-order valence-corrected chi connectivity index (χ2v) is 4.76. The molecule has 3 rings (SSSR count). The Kier molecular flexibility index (Phi) is 3.20. The quantitative estimate of drug-likeness (QED) is 0.720. The number of hydrogen-bond acceptors (Lipinski definition) is 4. The predicted octanol–water partition coefficient (Wildman–Crippen LogP) is 3.81. The summed E-state index contributed by atoms with van der Waals surface area (Å²) in [7, 11) is 0. The van der Waals surface area contributed by atoms with Gasteiger partial charge in [0.25, 0.3) is 6.01 Å². The van der Waals surface area contributed by atoms with Gasteiger partial charge in [-0.3, -0.25) is 0 Å². The van der Waals surface area contributed by atoms with E-state index in [4.69, 9.17) is 21.8 Å². The van der Waals surface area contributed by atoms with E-state index in [1.165, 1.54) is 6.07 Å². The molecule has 1 heterocycles. The van der Waals surface area contributed by atoms with Gasteiger partial charge in [0.2, 0.25) is 0 Å². The highest BCUT2D eigenvalue weighted by molar-refractivity contribution is 6.30. The first kappa shape index (κ1) is 12.7. The van der Waals surface area contributed by atoms with Crippen LogP contribution in [0.3, 0.4) is 0 Å². The van der Waals surface area contributed by atoms with Gasteiger partial charge in [0, 0.05) is 18.3 Å². The maximum absolute atomic E-state index is 13.0. The van der Waals surface area contributed by atoms with Gasteiger partial charge in [-0.2, -0.15) is 4.98 Å². The van der Waals surface area contributed by atoms with Crippen molar-refractivity contribution < 1.29 is 8.81 Å². The molecule has 0 aliphatic heterocycles. The van der Waals surface area contributed by atoms with Crippen LogP contribution < -0.4 is 11.1 Å². The van der Waals surface area contributed by atoms with Gasteiger partial charge in [0.05, 0.1) is 5.02 Å². The van der Waals surface area contributed by atoms with Crippen molar-refractivity contribution in [1.29, 1.82) is 0 Å². The summed E-state index contributed by atoms with van der Waals surface area (Å²) < 4.78 is 18.6. The lowest BCUT2D eigenvalue weighted by Crippen LogP contribution is -1.99. The van der Waals surface area contributed by atoms with Crippen molar-refractivity contribution in [2.45, 2.75) is 6.54 Å². The zero-order valence-corrected chi connectivity index (χ0v) is 11.1. The number of nitrogen functional groups attached to an aromatic ring is 1. The molecule has 3 aromatic rings. The number of hydrogen-bond donors (Lipinski definition) is 2. The highest BCUT2D eigenvalue weighted by Gasteiger charge is 2.06. The molecule has 1 aromatic heterocycles. The Hall–Kier alpha value is -2.27. The largest absolute Gasteiger partial charge is 0.423 e. The molecule has 6 heteroatoms. The highest BCUT2D eigenvalue weighted by atomic mass is 35.5. The Morgan fingerprint density at radius 1 is 1.25 bits per heavy atom. The summed E-state index contributed by atoms with van der Waals surface area (Å²) in [5.41, 5.74) is 8.46. The average molecular weight is 292 g/mol. The fraction of sp³-hybridized carbons (Fsp3) is 0.0714. The predicted molar refractivity (Wildman–Crippen MR) is 77.2 cm³/mol. The lowest BCUT2D eigenvalue weighted by atomic mass is 10.2. The maximum Gasteiger partial charge on any atom is 0.295 e. The molecule has 0 aliphatic carbocycles. The van der Waals surface area contributed by atoms with Gasteiger partial charge in [-0.05, 0) is 29.8 Å². The van der Waals surface area contributed by atoms with Gasteiger partial charge in [0.1, 0.15) is 11.3 Å². The first-order chi connectivity index (χ1) is 9.61. The van der Waals surface area contributed by atoms with Gasteiger partial charge in [0.15, 0.2) is 5.58 Å². The Labute approximate surface area is 119 Å². The third-order valence-electron chi connectivity index (χ3n) is 2.84. The van der Waals surface area contributed by atoms with Crippen LogP contribution in [0.2, 0.25) is 5.02 Å². The summed E-state index contributed by atoms with van der Waals surface area (Å²) in [6, 6.07) is 10.2. The topological polar surface area (TPSA) is 64.1 Å². The molecule has 0 spiro atoms. The number of nitrogens with zero attached hydrogens (tertiary/aromatic N) is 1. The van der Waals surface area contributed by atoms with Crippen molar-refractivity contribution in [3.05, 3.63) is 52.8 Å². The molecule has 0 unspecified atom stereocenters. The van der Waals surface area contributed by atoms with Crippen molar-refractivity contribution in [3.63, 3.8) is 0 Å². The van der Waals surface area contributed by atoms with Gasteiger partial charge in [-0.15, -0.1) is 0 Å². The summed E-state index contributed by atoms with van der Waals surface area (Å²) in [5.74, 6) is -0.437. The number of nitrogens with two attached hydrogens (primary N) is 1. The molecule has 0 saturated heterocycles. The van der Waals surface area contributed by atoms with Crippen LogP contribution in [0.5, 0.6) is 0 Å². The Balaban J connectivity index is 1.77. The smallest absolute Gasteiger partial charge is 0.295 e. The molecule has 0 bridgehead atoms. The minimum atomic E-state index is -0.437. The molecule has 102 valence electrons. The Morgan fingerprint density at radius 3 is 2.90 bits per heavy atom. The zero-order valence-electron chi connectivity index (χ0n) is 10.4. The van der Waals surface area contributed by atoms with Crippen molar-refractivity contribution in [2.75, 3.05) is 11.1 Å². The number of benzene rings is 2. The molecule has 2 aromatic carbocycles. The number of aromatic nitrogens is 1. The minimum absolute atomic E-state index is 0.0923. The Bertz CT molecular complexity index is 772. The molecule has 0 atom stereocenters. The molecule has 4 nitrogen and oxygen atoms in total. The lowest BCUT2D eigenvalue weighted by Gasteiger charge is -2.03. The van der Waals surface area contributed by atoms with E-state index in [1.54, 1.807) is 30.3 Å². The number of rotatable bonds is 3. The summed E-state index contributed by atoms with van der Waals surface area (Å²) in [6.45, 7) is 0.433. The third kappa shape index (κ3) is 2.53. The van der Waals surface area contributed by atoms with E-state index in [0.717, 1.165) is 11.1 Å². The molecule has 0 saturated carbocycles. The van der Waals surface area contributed by atoms with Gasteiger partial charge in [-0.25, -0.2) is 4.39 Å². The third-order valence-corrected chi connectivity index (χ3v) is 3.13. The number of oxazole rings is 1. The molecule has 0 aliphatic rings. The monoisotopic (exact) mass is 291 g/mol. The second kappa shape index (κ2) is 5.02. The first-order valence-electron chi connectivity index (χ1n) is 5.96. The SMILES string of the molecule is Nc1ccc2nc(NCc3ccc(F)c(Cl)c3)oc2c1. The average Bonchev–Trinajstić information content (AvgIpc) is 2.82. The van der Waals surface area contributed by atoms with Crippen molar-refractivity contribution in [2.24, 2.45) is 0 Å². The molecule has 3 N–H and O–H groups in total. The molecular formula is C14H11ClFN3O. The fourth-order valence-electron chi connectivity index (χ4n) is 1.84. The normalized spacial score (nSPS) is 10.9. The van der Waals surface area contributed by atoms with E-state index in [2.05, 4.69) is 10.3 Å². The number of nitrogens with one attached hydrogen (secondary N) is 1. The van der Waals surface area contributed by atoms with Crippen LogP contribution in [-0.2, 0) is 6.54 Å². The van der Waals surface area contributed by atoms with Crippen LogP contribution in [0.1, 0.15) is 5.56 Å². The standard InChI is InChI=1S/C14H11ClFN3O/c15-10-5-8(1-3-11(10)16)7-18-14-19-12-4-2-9(17)6-13(12)20-14/h1-6H,7,17H2,(H,18,19). The maximum atomic E-state index is 13.0. The molecule has 20 heavy (non-hydrogen) atoms. The second-order valence-electron chi connectivity index (χ2n) is 4.35. The molecule has 0 fully saturated rings. The van der Waals surface area contributed by atoms with E-state index in [9.17, 15) is 4.39 Å². The highest BCUT2D eigenvalue weighted by Crippen LogP contribution is 2.22. The lowest BCUT2D eigenvalue weighted by molar-refractivity contribution is 0.614. The van der Waals surface area contributed by atoms with Crippen LogP contribution in [0, 0.1) is 5.82 Å². The number of fused-ring (bicyclic) bond motifs is 1. The minimum Gasteiger partial charge on any atom is -0.423 e. The molecule has 0 amide bonds. The summed E-state index contributed by atoms with van der Waals surface area (Å²) in [6.07, 6.45) is 0. The van der Waals surface area contributed by atoms with Crippen LogP contribution in [0.15, 0.2) is 40.8 Å². The van der Waals surface area contributed by atoms with Crippen molar-refractivity contribution in [3.8, 4) is 0 Å². The summed E-state index contributed by atoms with van der Waals surface area (Å²) in [5, 5.41) is 3.11. The van der Waals surface area contributed by atoms with Gasteiger partial charge < -0.3 is 15.5 Å². The number of halogens is 2. The van der Waals surface area contributed by atoms with Gasteiger partial charge in [-0.1, -0.05) is 17.7 Å². The molecular weight excluding hydrogens is 281 g/mol. The zero-order chi connectivity index (χ0) is 14.1. The van der Waals surface area contributed by atoms with E-state index >= 15 is 0 Å². The van der Waals surface area contributed by atoms with E-state index < -0.39 is 5.82 Å².